The minimum absolute atomic E-state index is 0.00712. The highest BCUT2D eigenvalue weighted by Gasteiger charge is 2.12. The maximum absolute atomic E-state index is 12.5. The van der Waals surface area contributed by atoms with Crippen molar-refractivity contribution >= 4 is 16.8 Å². The number of para-hydroxylation sites is 1. The van der Waals surface area contributed by atoms with E-state index in [4.69, 9.17) is 0 Å². The summed E-state index contributed by atoms with van der Waals surface area (Å²) >= 11 is 0. The number of benzene rings is 1. The van der Waals surface area contributed by atoms with Gasteiger partial charge in [0.05, 0.1) is 11.1 Å². The third kappa shape index (κ3) is 3.11. The number of rotatable bonds is 4. The van der Waals surface area contributed by atoms with Gasteiger partial charge in [-0.25, -0.2) is 0 Å². The Balaban J connectivity index is 1.71. The van der Waals surface area contributed by atoms with Crippen LogP contribution < -0.4 is 0 Å². The molecule has 1 amide bonds. The maximum atomic E-state index is 12.5. The van der Waals surface area contributed by atoms with Gasteiger partial charge in [-0.15, -0.1) is 0 Å². The van der Waals surface area contributed by atoms with E-state index in [1.165, 1.54) is 5.56 Å². The van der Waals surface area contributed by atoms with E-state index in [0.29, 0.717) is 12.1 Å². The van der Waals surface area contributed by atoms with Crippen LogP contribution in [0.2, 0.25) is 0 Å². The first-order chi connectivity index (χ1) is 10.7. The highest BCUT2D eigenvalue weighted by molar-refractivity contribution is 5.97. The molecule has 2 aromatic heterocycles. The SMILES string of the molecule is CN(CCc1ccncc1)C(=O)c1cnc2ccccc2c1. The fourth-order valence-corrected chi connectivity index (χ4v) is 2.36. The maximum Gasteiger partial charge on any atom is 0.255 e. The van der Waals surface area contributed by atoms with Gasteiger partial charge >= 0.3 is 0 Å². The van der Waals surface area contributed by atoms with Gasteiger partial charge in [0.2, 0.25) is 0 Å². The first-order valence-electron chi connectivity index (χ1n) is 7.23. The summed E-state index contributed by atoms with van der Waals surface area (Å²) < 4.78 is 0. The molecule has 0 aliphatic carbocycles. The van der Waals surface area contributed by atoms with E-state index in [1.807, 2.05) is 49.5 Å². The molecule has 0 spiro atoms. The number of hydrogen-bond acceptors (Lipinski definition) is 3. The first-order valence-corrected chi connectivity index (χ1v) is 7.23. The normalized spacial score (nSPS) is 10.6. The predicted molar refractivity (Wildman–Crippen MR) is 86.6 cm³/mol. The monoisotopic (exact) mass is 291 g/mol. The van der Waals surface area contributed by atoms with Crippen molar-refractivity contribution in [3.63, 3.8) is 0 Å². The number of carbonyl (C=O) groups is 1. The van der Waals surface area contributed by atoms with Crippen molar-refractivity contribution in [2.45, 2.75) is 6.42 Å². The molecule has 0 aliphatic heterocycles. The van der Waals surface area contributed by atoms with Crippen LogP contribution in [-0.2, 0) is 6.42 Å². The summed E-state index contributed by atoms with van der Waals surface area (Å²) in [6, 6.07) is 13.6. The standard InChI is InChI=1S/C18H17N3O/c1-21(11-8-14-6-9-19-10-7-14)18(22)16-12-15-4-2-3-5-17(15)20-13-16/h2-7,9-10,12-13H,8,11H2,1H3. The molecule has 0 atom stereocenters. The van der Waals surface area contributed by atoms with Gasteiger partial charge in [0.25, 0.3) is 5.91 Å². The Morgan fingerprint density at radius 2 is 1.91 bits per heavy atom. The summed E-state index contributed by atoms with van der Waals surface area (Å²) in [5, 5.41) is 0.982. The zero-order valence-electron chi connectivity index (χ0n) is 12.4. The second kappa shape index (κ2) is 6.35. The molecular formula is C18H17N3O. The van der Waals surface area contributed by atoms with Crippen molar-refractivity contribution in [3.05, 3.63) is 72.2 Å². The summed E-state index contributed by atoms with van der Waals surface area (Å²) in [6.07, 6.45) is 5.99. The highest BCUT2D eigenvalue weighted by Crippen LogP contribution is 2.14. The largest absolute Gasteiger partial charge is 0.341 e. The molecule has 110 valence electrons. The number of fused-ring (bicyclic) bond motifs is 1. The third-order valence-corrected chi connectivity index (χ3v) is 3.67. The van der Waals surface area contributed by atoms with Crippen LogP contribution in [0.25, 0.3) is 10.9 Å². The number of nitrogens with zero attached hydrogens (tertiary/aromatic N) is 3. The van der Waals surface area contributed by atoms with Crippen LogP contribution in [0.4, 0.5) is 0 Å². The van der Waals surface area contributed by atoms with Crippen molar-refractivity contribution in [2.75, 3.05) is 13.6 Å². The molecule has 0 saturated heterocycles. The van der Waals surface area contributed by atoms with E-state index in [1.54, 1.807) is 23.5 Å². The third-order valence-electron chi connectivity index (χ3n) is 3.67. The number of likely N-dealkylation sites (N-methyl/N-ethyl adjacent to an activating group) is 1. The average molecular weight is 291 g/mol. The highest BCUT2D eigenvalue weighted by atomic mass is 16.2. The van der Waals surface area contributed by atoms with Gasteiger partial charge in [-0.05, 0) is 36.2 Å². The second-order valence-electron chi connectivity index (χ2n) is 5.25. The lowest BCUT2D eigenvalue weighted by Crippen LogP contribution is -2.28. The summed E-state index contributed by atoms with van der Waals surface area (Å²) in [5.41, 5.74) is 2.70. The average Bonchev–Trinajstić information content (AvgIpc) is 2.59. The Labute approximate surface area is 129 Å². The van der Waals surface area contributed by atoms with Crippen LogP contribution in [0.3, 0.4) is 0 Å². The molecule has 3 aromatic rings. The summed E-state index contributed by atoms with van der Waals surface area (Å²) in [5.74, 6) is -0.00712. The van der Waals surface area contributed by atoms with Crippen molar-refractivity contribution < 1.29 is 4.79 Å². The summed E-state index contributed by atoms with van der Waals surface area (Å²) in [7, 11) is 1.82. The number of aromatic nitrogens is 2. The second-order valence-corrected chi connectivity index (χ2v) is 5.25. The Hall–Kier alpha value is -2.75. The molecule has 0 bridgehead atoms. The molecule has 3 rings (SSSR count). The predicted octanol–water partition coefficient (Wildman–Crippen LogP) is 2.94. The topological polar surface area (TPSA) is 46.1 Å². The van der Waals surface area contributed by atoms with Gasteiger partial charge in [-0.3, -0.25) is 14.8 Å². The van der Waals surface area contributed by atoms with Crippen molar-refractivity contribution in [2.24, 2.45) is 0 Å². The van der Waals surface area contributed by atoms with E-state index >= 15 is 0 Å². The molecule has 0 aliphatic rings. The van der Waals surface area contributed by atoms with Crippen molar-refractivity contribution in [1.82, 2.24) is 14.9 Å². The fourth-order valence-electron chi connectivity index (χ4n) is 2.36. The smallest absolute Gasteiger partial charge is 0.255 e. The molecule has 0 unspecified atom stereocenters. The van der Waals surface area contributed by atoms with Gasteiger partial charge < -0.3 is 4.90 Å². The molecule has 0 radical (unpaired) electrons. The minimum atomic E-state index is -0.00712. The van der Waals surface area contributed by atoms with E-state index in [0.717, 1.165) is 17.3 Å². The molecule has 4 nitrogen and oxygen atoms in total. The lowest BCUT2D eigenvalue weighted by atomic mass is 10.1. The van der Waals surface area contributed by atoms with Crippen LogP contribution in [0.15, 0.2) is 61.1 Å². The Morgan fingerprint density at radius 3 is 2.73 bits per heavy atom. The molecule has 0 N–H and O–H groups in total. The summed E-state index contributed by atoms with van der Waals surface area (Å²) in [4.78, 5) is 22.6. The first kappa shape index (κ1) is 14.2. The molecule has 22 heavy (non-hydrogen) atoms. The van der Waals surface area contributed by atoms with Gasteiger partial charge in [0.15, 0.2) is 0 Å². The van der Waals surface area contributed by atoms with E-state index < -0.39 is 0 Å². The van der Waals surface area contributed by atoms with Gasteiger partial charge in [-0.1, -0.05) is 18.2 Å². The fraction of sp³-hybridized carbons (Fsp3) is 0.167. The van der Waals surface area contributed by atoms with Crippen LogP contribution in [-0.4, -0.2) is 34.4 Å². The Bertz CT molecular complexity index is 786. The summed E-state index contributed by atoms with van der Waals surface area (Å²) in [6.45, 7) is 0.662. The number of hydrogen-bond donors (Lipinski definition) is 0. The molecule has 4 heteroatoms. The Kier molecular flexibility index (Phi) is 4.10. The van der Waals surface area contributed by atoms with E-state index in [9.17, 15) is 4.79 Å². The molecule has 1 aromatic carbocycles. The lowest BCUT2D eigenvalue weighted by molar-refractivity contribution is 0.0796. The minimum Gasteiger partial charge on any atom is -0.341 e. The Morgan fingerprint density at radius 1 is 1.14 bits per heavy atom. The van der Waals surface area contributed by atoms with Gasteiger partial charge in [0.1, 0.15) is 0 Å². The molecule has 0 saturated carbocycles. The molecule has 2 heterocycles. The number of carbonyl (C=O) groups excluding carboxylic acids is 1. The quantitative estimate of drug-likeness (QED) is 0.742. The van der Waals surface area contributed by atoms with Crippen molar-refractivity contribution in [1.29, 1.82) is 0 Å². The van der Waals surface area contributed by atoms with E-state index in [-0.39, 0.29) is 5.91 Å². The molecular weight excluding hydrogens is 274 g/mol. The van der Waals surface area contributed by atoms with Crippen LogP contribution in [0.1, 0.15) is 15.9 Å². The zero-order chi connectivity index (χ0) is 15.4. The van der Waals surface area contributed by atoms with Crippen LogP contribution in [0.5, 0.6) is 0 Å². The van der Waals surface area contributed by atoms with Crippen molar-refractivity contribution in [3.8, 4) is 0 Å². The number of pyridine rings is 2. The van der Waals surface area contributed by atoms with Crippen LogP contribution in [0, 0.1) is 0 Å². The van der Waals surface area contributed by atoms with Gasteiger partial charge in [-0.2, -0.15) is 0 Å². The van der Waals surface area contributed by atoms with Crippen LogP contribution >= 0.6 is 0 Å². The van der Waals surface area contributed by atoms with Gasteiger partial charge in [0, 0.05) is 37.6 Å². The van der Waals surface area contributed by atoms with E-state index in [2.05, 4.69) is 9.97 Å². The molecule has 0 fully saturated rings. The zero-order valence-corrected chi connectivity index (χ0v) is 12.4. The number of amides is 1. The lowest BCUT2D eigenvalue weighted by Gasteiger charge is -2.17.